The lowest BCUT2D eigenvalue weighted by Gasteiger charge is -2.38. The molecular formula is C15H18N2O. The molecule has 2 aliphatic rings. The fraction of sp³-hybridized carbons (Fsp3) is 0.467. The first kappa shape index (κ1) is 11.6. The molecule has 3 rings (SSSR count). The molecule has 1 aromatic carbocycles. The van der Waals surface area contributed by atoms with Gasteiger partial charge in [0.15, 0.2) is 0 Å². The van der Waals surface area contributed by atoms with Crippen LogP contribution in [-0.4, -0.2) is 22.1 Å². The van der Waals surface area contributed by atoms with E-state index < -0.39 is 5.60 Å². The van der Waals surface area contributed by atoms with Crippen LogP contribution in [0.5, 0.6) is 0 Å². The van der Waals surface area contributed by atoms with Gasteiger partial charge in [0.25, 0.3) is 0 Å². The van der Waals surface area contributed by atoms with Crippen LogP contribution in [0.25, 0.3) is 0 Å². The molecule has 0 amide bonds. The van der Waals surface area contributed by atoms with E-state index in [1.54, 1.807) is 0 Å². The van der Waals surface area contributed by atoms with Crippen molar-refractivity contribution in [1.29, 1.82) is 0 Å². The summed E-state index contributed by atoms with van der Waals surface area (Å²) in [5, 5.41) is 18.9. The van der Waals surface area contributed by atoms with Crippen molar-refractivity contribution in [2.75, 3.05) is 0 Å². The highest BCUT2D eigenvalue weighted by Gasteiger charge is 2.44. The maximum atomic E-state index is 10.4. The molecule has 3 atom stereocenters. The van der Waals surface area contributed by atoms with Crippen molar-refractivity contribution >= 4 is 11.4 Å². The molecule has 1 N–H and O–H groups in total. The number of hydrogen-bond donors (Lipinski definition) is 1. The summed E-state index contributed by atoms with van der Waals surface area (Å²) in [7, 11) is 0. The van der Waals surface area contributed by atoms with Crippen molar-refractivity contribution in [1.82, 2.24) is 0 Å². The van der Waals surface area contributed by atoms with Gasteiger partial charge in [-0.15, -0.1) is 0 Å². The molecule has 3 nitrogen and oxygen atoms in total. The van der Waals surface area contributed by atoms with Gasteiger partial charge in [-0.25, -0.2) is 0 Å². The maximum Gasteiger partial charge on any atom is 0.0678 e. The van der Waals surface area contributed by atoms with E-state index in [0.717, 1.165) is 17.8 Å². The molecule has 1 aliphatic heterocycles. The van der Waals surface area contributed by atoms with Crippen molar-refractivity contribution in [2.24, 2.45) is 16.1 Å². The van der Waals surface area contributed by atoms with E-state index in [1.165, 1.54) is 5.56 Å². The normalized spacial score (nSPS) is 34.8. The first-order valence-electron chi connectivity index (χ1n) is 6.45. The topological polar surface area (TPSA) is 45.0 Å². The van der Waals surface area contributed by atoms with E-state index in [4.69, 9.17) is 0 Å². The van der Waals surface area contributed by atoms with E-state index in [-0.39, 0.29) is 5.92 Å². The number of benzene rings is 1. The van der Waals surface area contributed by atoms with Crippen LogP contribution in [0.15, 0.2) is 40.5 Å². The SMILES string of the molecule is CC1=NN=C2C[C@](C)(O)C[C@@H](c3ccccc3)[C@@H]12. The van der Waals surface area contributed by atoms with E-state index in [0.29, 0.717) is 12.3 Å². The molecule has 1 aliphatic carbocycles. The summed E-state index contributed by atoms with van der Waals surface area (Å²) in [6.45, 7) is 3.94. The van der Waals surface area contributed by atoms with Crippen molar-refractivity contribution in [3.8, 4) is 0 Å². The molecule has 0 aromatic heterocycles. The Labute approximate surface area is 107 Å². The smallest absolute Gasteiger partial charge is 0.0678 e. The van der Waals surface area contributed by atoms with Crippen LogP contribution in [0, 0.1) is 5.92 Å². The highest BCUT2D eigenvalue weighted by molar-refractivity contribution is 6.11. The summed E-state index contributed by atoms with van der Waals surface area (Å²) < 4.78 is 0. The summed E-state index contributed by atoms with van der Waals surface area (Å²) in [6.07, 6.45) is 1.41. The van der Waals surface area contributed by atoms with Gasteiger partial charge in [0.2, 0.25) is 0 Å². The van der Waals surface area contributed by atoms with Gasteiger partial charge < -0.3 is 5.11 Å². The van der Waals surface area contributed by atoms with Gasteiger partial charge in [0.05, 0.1) is 11.3 Å². The summed E-state index contributed by atoms with van der Waals surface area (Å²) in [6, 6.07) is 10.4. The zero-order valence-electron chi connectivity index (χ0n) is 10.8. The van der Waals surface area contributed by atoms with Crippen molar-refractivity contribution < 1.29 is 5.11 Å². The average molecular weight is 242 g/mol. The Morgan fingerprint density at radius 1 is 1.22 bits per heavy atom. The lowest BCUT2D eigenvalue weighted by Crippen LogP contribution is -2.42. The van der Waals surface area contributed by atoms with Crippen LogP contribution in [0.2, 0.25) is 0 Å². The van der Waals surface area contributed by atoms with Crippen LogP contribution < -0.4 is 0 Å². The standard InChI is InChI=1S/C15H18N2O/c1-10-14-12(11-6-4-3-5-7-11)8-15(2,18)9-13(14)17-16-10/h3-7,12,14,18H,8-9H2,1-2H3/t12-,14+,15+/m0/s1. The van der Waals surface area contributed by atoms with E-state index in [9.17, 15) is 5.11 Å². The van der Waals surface area contributed by atoms with Crippen LogP contribution in [0.4, 0.5) is 0 Å². The minimum Gasteiger partial charge on any atom is -0.390 e. The predicted octanol–water partition coefficient (Wildman–Crippen LogP) is 2.76. The summed E-state index contributed by atoms with van der Waals surface area (Å²) in [5.41, 5.74) is 2.72. The third-order valence-electron chi connectivity index (χ3n) is 4.00. The molecule has 0 bridgehead atoms. The van der Waals surface area contributed by atoms with Crippen LogP contribution in [0.1, 0.15) is 38.2 Å². The zero-order chi connectivity index (χ0) is 12.8. The Morgan fingerprint density at radius 3 is 2.67 bits per heavy atom. The number of aliphatic hydroxyl groups is 1. The third kappa shape index (κ3) is 1.89. The van der Waals surface area contributed by atoms with Crippen LogP contribution in [0.3, 0.4) is 0 Å². The second-order valence-corrected chi connectivity index (χ2v) is 5.71. The molecule has 0 saturated heterocycles. The molecule has 0 radical (unpaired) electrons. The molecule has 3 heteroatoms. The van der Waals surface area contributed by atoms with E-state index >= 15 is 0 Å². The molecule has 94 valence electrons. The second-order valence-electron chi connectivity index (χ2n) is 5.71. The van der Waals surface area contributed by atoms with Crippen molar-refractivity contribution in [3.63, 3.8) is 0 Å². The second kappa shape index (κ2) is 4.02. The van der Waals surface area contributed by atoms with Crippen LogP contribution in [-0.2, 0) is 0 Å². The minimum atomic E-state index is -0.671. The highest BCUT2D eigenvalue weighted by atomic mass is 16.3. The lowest BCUT2D eigenvalue weighted by molar-refractivity contribution is 0.0401. The summed E-state index contributed by atoms with van der Waals surface area (Å²) in [4.78, 5) is 0. The number of nitrogens with zero attached hydrogens (tertiary/aromatic N) is 2. The minimum absolute atomic E-state index is 0.285. The third-order valence-corrected chi connectivity index (χ3v) is 4.00. The Balaban J connectivity index is 2.01. The Kier molecular flexibility index (Phi) is 2.59. The molecule has 1 saturated carbocycles. The predicted molar refractivity (Wildman–Crippen MR) is 73.1 cm³/mol. The van der Waals surface area contributed by atoms with Gasteiger partial charge >= 0.3 is 0 Å². The molecular weight excluding hydrogens is 224 g/mol. The van der Waals surface area contributed by atoms with Gasteiger partial charge in [0, 0.05) is 24.0 Å². The fourth-order valence-corrected chi connectivity index (χ4v) is 3.24. The van der Waals surface area contributed by atoms with Crippen molar-refractivity contribution in [3.05, 3.63) is 35.9 Å². The van der Waals surface area contributed by atoms with E-state index in [2.05, 4.69) is 34.5 Å². The number of fused-ring (bicyclic) bond motifs is 1. The number of hydrogen-bond acceptors (Lipinski definition) is 3. The Hall–Kier alpha value is -1.48. The zero-order valence-corrected chi connectivity index (χ0v) is 10.8. The monoisotopic (exact) mass is 242 g/mol. The van der Waals surface area contributed by atoms with E-state index in [1.807, 2.05) is 19.9 Å². The molecule has 1 aromatic rings. The first-order valence-corrected chi connectivity index (χ1v) is 6.45. The maximum absolute atomic E-state index is 10.4. The van der Waals surface area contributed by atoms with Gasteiger partial charge in [-0.2, -0.15) is 10.2 Å². The van der Waals surface area contributed by atoms with Gasteiger partial charge in [-0.3, -0.25) is 0 Å². The van der Waals surface area contributed by atoms with Crippen molar-refractivity contribution in [2.45, 2.75) is 38.2 Å². The fourth-order valence-electron chi connectivity index (χ4n) is 3.24. The first-order chi connectivity index (χ1) is 8.57. The summed E-state index contributed by atoms with van der Waals surface area (Å²) in [5.74, 6) is 0.576. The lowest BCUT2D eigenvalue weighted by atomic mass is 9.67. The highest BCUT2D eigenvalue weighted by Crippen LogP contribution is 2.43. The molecule has 1 heterocycles. The average Bonchev–Trinajstić information content (AvgIpc) is 2.69. The summed E-state index contributed by atoms with van der Waals surface area (Å²) >= 11 is 0. The molecule has 0 spiro atoms. The van der Waals surface area contributed by atoms with Crippen LogP contribution >= 0.6 is 0 Å². The number of rotatable bonds is 1. The molecule has 0 unspecified atom stereocenters. The van der Waals surface area contributed by atoms with Gasteiger partial charge in [0.1, 0.15) is 0 Å². The molecule has 1 fully saturated rings. The quantitative estimate of drug-likeness (QED) is 0.808. The van der Waals surface area contributed by atoms with Gasteiger partial charge in [-0.1, -0.05) is 30.3 Å². The Bertz CT molecular complexity index is 517. The van der Waals surface area contributed by atoms with Gasteiger partial charge in [-0.05, 0) is 25.8 Å². The largest absolute Gasteiger partial charge is 0.390 e. The molecule has 18 heavy (non-hydrogen) atoms. The Morgan fingerprint density at radius 2 is 1.94 bits per heavy atom.